The summed E-state index contributed by atoms with van der Waals surface area (Å²) in [7, 11) is 0. The van der Waals surface area contributed by atoms with Gasteiger partial charge in [0.05, 0.1) is 12.7 Å². The number of nitrogens with zero attached hydrogens (tertiary/aromatic N) is 2. The quantitative estimate of drug-likeness (QED) is 0.740. The number of aromatic amines is 1. The predicted octanol–water partition coefficient (Wildman–Crippen LogP) is 1.90. The Morgan fingerprint density at radius 2 is 2.12 bits per heavy atom. The lowest BCUT2D eigenvalue weighted by Crippen LogP contribution is -2.29. The summed E-state index contributed by atoms with van der Waals surface area (Å²) in [6.45, 7) is 3.90. The van der Waals surface area contributed by atoms with Crippen LogP contribution in [0.15, 0.2) is 45.9 Å². The van der Waals surface area contributed by atoms with Crippen LogP contribution in [0.25, 0.3) is 11.5 Å². The van der Waals surface area contributed by atoms with Crippen molar-refractivity contribution in [2.75, 3.05) is 0 Å². The number of hydrogen-bond donors (Lipinski definition) is 2. The van der Waals surface area contributed by atoms with Crippen molar-refractivity contribution in [3.8, 4) is 11.5 Å². The molecule has 0 aliphatic heterocycles. The van der Waals surface area contributed by atoms with Gasteiger partial charge in [0.2, 0.25) is 5.91 Å². The van der Waals surface area contributed by atoms with Crippen molar-refractivity contribution < 1.29 is 9.21 Å². The molecule has 25 heavy (non-hydrogen) atoms. The van der Waals surface area contributed by atoms with Gasteiger partial charge in [-0.1, -0.05) is 6.07 Å². The van der Waals surface area contributed by atoms with Crippen molar-refractivity contribution >= 4 is 5.91 Å². The van der Waals surface area contributed by atoms with Gasteiger partial charge in [-0.05, 0) is 32.0 Å². The molecule has 2 N–H and O–H groups in total. The molecular weight excluding hydrogens is 320 g/mol. The number of H-pyrrole nitrogens is 1. The van der Waals surface area contributed by atoms with Gasteiger partial charge in [-0.3, -0.25) is 14.6 Å². The molecule has 0 saturated heterocycles. The zero-order chi connectivity index (χ0) is 17.8. The highest BCUT2D eigenvalue weighted by atomic mass is 16.3. The molecular formula is C18H18N4O3. The van der Waals surface area contributed by atoms with E-state index in [1.165, 1.54) is 0 Å². The molecule has 3 aromatic heterocycles. The third-order valence-corrected chi connectivity index (χ3v) is 3.91. The summed E-state index contributed by atoms with van der Waals surface area (Å²) in [5, 5.41) is 2.78. The van der Waals surface area contributed by atoms with E-state index in [2.05, 4.69) is 20.3 Å². The molecule has 0 atom stereocenters. The number of carbonyl (C=O) groups excluding carboxylic acids is 1. The zero-order valence-corrected chi connectivity index (χ0v) is 14.0. The minimum atomic E-state index is -0.331. The first-order valence-corrected chi connectivity index (χ1v) is 7.85. The van der Waals surface area contributed by atoms with Crippen LogP contribution in [0, 0.1) is 13.8 Å². The maximum Gasteiger partial charge on any atom is 0.255 e. The van der Waals surface area contributed by atoms with Gasteiger partial charge in [0.25, 0.3) is 5.56 Å². The average molecular weight is 338 g/mol. The Balaban J connectivity index is 1.73. The van der Waals surface area contributed by atoms with Crippen LogP contribution in [0.4, 0.5) is 0 Å². The van der Waals surface area contributed by atoms with E-state index in [1.54, 1.807) is 37.6 Å². The summed E-state index contributed by atoms with van der Waals surface area (Å²) in [6.07, 6.45) is 3.17. The number of hydrogen-bond acceptors (Lipinski definition) is 5. The second kappa shape index (κ2) is 7.12. The van der Waals surface area contributed by atoms with Gasteiger partial charge in [0.1, 0.15) is 11.5 Å². The lowest BCUT2D eigenvalue weighted by molar-refractivity contribution is -0.120. The Morgan fingerprint density at radius 1 is 1.28 bits per heavy atom. The summed E-state index contributed by atoms with van der Waals surface area (Å²) >= 11 is 0. The Kier molecular flexibility index (Phi) is 4.74. The fourth-order valence-corrected chi connectivity index (χ4v) is 2.45. The molecule has 3 heterocycles. The first-order valence-electron chi connectivity index (χ1n) is 7.85. The molecule has 0 radical (unpaired) electrons. The molecule has 0 aliphatic carbocycles. The normalized spacial score (nSPS) is 10.6. The number of aromatic nitrogens is 3. The van der Waals surface area contributed by atoms with Gasteiger partial charge in [-0.2, -0.15) is 0 Å². The van der Waals surface area contributed by atoms with E-state index < -0.39 is 0 Å². The number of carbonyl (C=O) groups is 1. The smallest absolute Gasteiger partial charge is 0.255 e. The highest BCUT2D eigenvalue weighted by Gasteiger charge is 2.14. The van der Waals surface area contributed by atoms with Crippen molar-refractivity contribution in [1.29, 1.82) is 0 Å². The Morgan fingerprint density at radius 3 is 2.76 bits per heavy atom. The van der Waals surface area contributed by atoms with Gasteiger partial charge in [-0.15, -0.1) is 0 Å². The first-order chi connectivity index (χ1) is 12.0. The highest BCUT2D eigenvalue weighted by molar-refractivity contribution is 5.78. The second-order valence-corrected chi connectivity index (χ2v) is 5.65. The standard InChI is InChI=1S/C18H18N4O3/c1-11-14(9-16(23)20-10-13-6-8-25-12(13)2)18(24)22-17(21-11)15-5-3-4-7-19-15/h3-8H,9-10H2,1-2H3,(H,20,23)(H,21,22,24). The van der Waals surface area contributed by atoms with E-state index in [-0.39, 0.29) is 17.9 Å². The fourth-order valence-electron chi connectivity index (χ4n) is 2.45. The number of nitrogens with one attached hydrogen (secondary N) is 2. The molecule has 0 saturated carbocycles. The molecule has 0 unspecified atom stereocenters. The molecule has 0 spiro atoms. The molecule has 3 rings (SSSR count). The SMILES string of the molecule is Cc1nc(-c2ccccn2)[nH]c(=O)c1CC(=O)NCc1ccoc1C. The number of amides is 1. The summed E-state index contributed by atoms with van der Waals surface area (Å²) in [5.41, 5.74) is 2.01. The number of furan rings is 1. The summed E-state index contributed by atoms with van der Waals surface area (Å²) in [5.74, 6) is 0.901. The van der Waals surface area contributed by atoms with Crippen LogP contribution >= 0.6 is 0 Å². The molecule has 7 nitrogen and oxygen atoms in total. The van der Waals surface area contributed by atoms with E-state index in [0.717, 1.165) is 11.3 Å². The van der Waals surface area contributed by atoms with E-state index in [4.69, 9.17) is 4.42 Å². The molecule has 0 aliphatic rings. The summed E-state index contributed by atoms with van der Waals surface area (Å²) in [4.78, 5) is 35.7. The van der Waals surface area contributed by atoms with Gasteiger partial charge in [0.15, 0.2) is 5.82 Å². The maximum atomic E-state index is 12.3. The number of aryl methyl sites for hydroxylation is 2. The minimum Gasteiger partial charge on any atom is -0.469 e. The topological polar surface area (TPSA) is 101 Å². The lowest BCUT2D eigenvalue weighted by Gasteiger charge is -2.08. The minimum absolute atomic E-state index is 0.0342. The molecule has 7 heteroatoms. The number of rotatable bonds is 5. The Labute approximate surface area is 144 Å². The van der Waals surface area contributed by atoms with Crippen molar-refractivity contribution in [3.63, 3.8) is 0 Å². The molecule has 0 bridgehead atoms. The summed E-state index contributed by atoms with van der Waals surface area (Å²) in [6, 6.07) is 7.17. The Bertz CT molecular complexity index is 944. The van der Waals surface area contributed by atoms with Crippen LogP contribution in [0.3, 0.4) is 0 Å². The van der Waals surface area contributed by atoms with Gasteiger partial charge >= 0.3 is 0 Å². The van der Waals surface area contributed by atoms with E-state index in [9.17, 15) is 9.59 Å². The fraction of sp³-hybridized carbons (Fsp3) is 0.222. The predicted molar refractivity (Wildman–Crippen MR) is 91.8 cm³/mol. The third kappa shape index (κ3) is 3.82. The molecule has 0 fully saturated rings. The lowest BCUT2D eigenvalue weighted by atomic mass is 10.1. The highest BCUT2D eigenvalue weighted by Crippen LogP contribution is 2.11. The van der Waals surface area contributed by atoms with Crippen LogP contribution < -0.4 is 10.9 Å². The van der Waals surface area contributed by atoms with Crippen LogP contribution in [0.2, 0.25) is 0 Å². The average Bonchev–Trinajstić information content (AvgIpc) is 3.02. The van der Waals surface area contributed by atoms with Crippen molar-refractivity contribution in [2.24, 2.45) is 0 Å². The maximum absolute atomic E-state index is 12.3. The number of pyridine rings is 1. The van der Waals surface area contributed by atoms with Crippen LogP contribution in [-0.2, 0) is 17.8 Å². The van der Waals surface area contributed by atoms with Gasteiger partial charge in [0, 0.05) is 29.6 Å². The Hall–Kier alpha value is -3.22. The van der Waals surface area contributed by atoms with E-state index >= 15 is 0 Å². The monoisotopic (exact) mass is 338 g/mol. The van der Waals surface area contributed by atoms with Gasteiger partial charge in [-0.25, -0.2) is 4.98 Å². The van der Waals surface area contributed by atoms with Crippen LogP contribution in [-0.4, -0.2) is 20.9 Å². The van der Waals surface area contributed by atoms with Crippen molar-refractivity contribution in [3.05, 3.63) is 69.7 Å². The molecule has 3 aromatic rings. The molecule has 0 aromatic carbocycles. The molecule has 128 valence electrons. The summed E-state index contributed by atoms with van der Waals surface area (Å²) < 4.78 is 5.19. The molecule has 1 amide bonds. The zero-order valence-electron chi connectivity index (χ0n) is 14.0. The largest absolute Gasteiger partial charge is 0.469 e. The van der Waals surface area contributed by atoms with Gasteiger partial charge < -0.3 is 14.7 Å². The third-order valence-electron chi connectivity index (χ3n) is 3.91. The first kappa shape index (κ1) is 16.6. The van der Waals surface area contributed by atoms with E-state index in [1.807, 2.05) is 13.0 Å². The van der Waals surface area contributed by atoms with Crippen molar-refractivity contribution in [2.45, 2.75) is 26.8 Å². The van der Waals surface area contributed by atoms with E-state index in [0.29, 0.717) is 29.3 Å². The van der Waals surface area contributed by atoms with Crippen LogP contribution in [0.1, 0.15) is 22.6 Å². The van der Waals surface area contributed by atoms with Crippen LogP contribution in [0.5, 0.6) is 0 Å². The second-order valence-electron chi connectivity index (χ2n) is 5.65. The van der Waals surface area contributed by atoms with Crippen molar-refractivity contribution in [1.82, 2.24) is 20.3 Å².